The molecular formula is C16H22N2O. The van der Waals surface area contributed by atoms with E-state index in [-0.39, 0.29) is 12.3 Å². The maximum atomic E-state index is 11.5. The van der Waals surface area contributed by atoms with Gasteiger partial charge in [-0.25, -0.2) is 0 Å². The van der Waals surface area contributed by atoms with Gasteiger partial charge in [-0.05, 0) is 36.0 Å². The van der Waals surface area contributed by atoms with Crippen LogP contribution < -0.4 is 0 Å². The van der Waals surface area contributed by atoms with Gasteiger partial charge < -0.3 is 4.90 Å². The van der Waals surface area contributed by atoms with Crippen LogP contribution >= 0.6 is 0 Å². The van der Waals surface area contributed by atoms with Crippen molar-refractivity contribution in [1.82, 2.24) is 4.90 Å². The summed E-state index contributed by atoms with van der Waals surface area (Å²) in [7, 11) is 1.75. The highest BCUT2D eigenvalue weighted by molar-refractivity contribution is 5.77. The molecule has 0 heterocycles. The summed E-state index contributed by atoms with van der Waals surface area (Å²) in [5, 5.41) is 8.51. The highest BCUT2D eigenvalue weighted by Gasteiger charge is 2.09. The molecule has 102 valence electrons. The second kappa shape index (κ2) is 6.94. The van der Waals surface area contributed by atoms with Gasteiger partial charge in [-0.3, -0.25) is 4.79 Å². The maximum Gasteiger partial charge on any atom is 0.236 e. The maximum absolute atomic E-state index is 11.5. The van der Waals surface area contributed by atoms with E-state index in [2.05, 4.69) is 39.0 Å². The Morgan fingerprint density at radius 3 is 2.68 bits per heavy atom. The van der Waals surface area contributed by atoms with E-state index in [1.54, 1.807) is 11.9 Å². The van der Waals surface area contributed by atoms with Crippen LogP contribution in [0.25, 0.3) is 0 Å². The fourth-order valence-electron chi connectivity index (χ4n) is 1.94. The van der Waals surface area contributed by atoms with Crippen LogP contribution in [-0.4, -0.2) is 24.4 Å². The van der Waals surface area contributed by atoms with E-state index < -0.39 is 0 Å². The van der Waals surface area contributed by atoms with Gasteiger partial charge in [0.05, 0.1) is 6.07 Å². The Kier molecular flexibility index (Phi) is 5.57. The number of nitrogens with zero attached hydrogens (tertiary/aromatic N) is 2. The van der Waals surface area contributed by atoms with Gasteiger partial charge in [0, 0.05) is 13.6 Å². The summed E-state index contributed by atoms with van der Waals surface area (Å²) in [4.78, 5) is 13.2. The molecule has 1 rings (SSSR count). The SMILES string of the molecule is Cc1ccc(C(C)C)cc1CCN(C)C(=O)CC#N. The number of aryl methyl sites for hydroxylation is 1. The van der Waals surface area contributed by atoms with E-state index in [1.807, 2.05) is 6.07 Å². The molecule has 1 aromatic rings. The van der Waals surface area contributed by atoms with Crippen LogP contribution in [-0.2, 0) is 11.2 Å². The van der Waals surface area contributed by atoms with Crippen molar-refractivity contribution in [1.29, 1.82) is 5.26 Å². The fraction of sp³-hybridized carbons (Fsp3) is 0.500. The smallest absolute Gasteiger partial charge is 0.236 e. The van der Waals surface area contributed by atoms with E-state index in [0.717, 1.165) is 6.42 Å². The number of carbonyl (C=O) groups excluding carboxylic acids is 1. The zero-order chi connectivity index (χ0) is 14.4. The van der Waals surface area contributed by atoms with Gasteiger partial charge in [-0.2, -0.15) is 5.26 Å². The van der Waals surface area contributed by atoms with Crippen molar-refractivity contribution in [3.63, 3.8) is 0 Å². The minimum atomic E-state index is -0.111. The lowest BCUT2D eigenvalue weighted by atomic mass is 9.96. The first-order valence-corrected chi connectivity index (χ1v) is 6.66. The number of benzene rings is 1. The Labute approximate surface area is 115 Å². The Morgan fingerprint density at radius 1 is 1.42 bits per heavy atom. The number of hydrogen-bond donors (Lipinski definition) is 0. The number of hydrogen-bond acceptors (Lipinski definition) is 2. The molecule has 0 aliphatic heterocycles. The molecule has 3 nitrogen and oxygen atoms in total. The molecule has 0 aliphatic rings. The van der Waals surface area contributed by atoms with Crippen molar-refractivity contribution in [2.45, 2.75) is 39.5 Å². The molecule has 1 aromatic carbocycles. The summed E-state index contributed by atoms with van der Waals surface area (Å²) in [6, 6.07) is 8.42. The van der Waals surface area contributed by atoms with Crippen LogP contribution in [0.1, 0.15) is 42.9 Å². The normalized spacial score (nSPS) is 10.3. The summed E-state index contributed by atoms with van der Waals surface area (Å²) in [5.74, 6) is 0.400. The number of amides is 1. The summed E-state index contributed by atoms with van der Waals surface area (Å²) >= 11 is 0. The molecule has 0 aliphatic carbocycles. The Morgan fingerprint density at radius 2 is 2.11 bits per heavy atom. The van der Waals surface area contributed by atoms with E-state index in [9.17, 15) is 4.79 Å². The topological polar surface area (TPSA) is 44.1 Å². The Bertz CT molecular complexity index is 486. The van der Waals surface area contributed by atoms with Gasteiger partial charge in [0.2, 0.25) is 5.91 Å². The molecule has 0 atom stereocenters. The third-order valence-corrected chi connectivity index (χ3v) is 3.41. The molecule has 0 unspecified atom stereocenters. The number of carbonyl (C=O) groups is 1. The summed E-state index contributed by atoms with van der Waals surface area (Å²) in [5.41, 5.74) is 3.86. The molecule has 0 N–H and O–H groups in total. The van der Waals surface area contributed by atoms with Gasteiger partial charge in [-0.1, -0.05) is 32.0 Å². The lowest BCUT2D eigenvalue weighted by Crippen LogP contribution is -2.28. The van der Waals surface area contributed by atoms with Crippen LogP contribution in [0, 0.1) is 18.3 Å². The lowest BCUT2D eigenvalue weighted by molar-refractivity contribution is -0.128. The summed E-state index contributed by atoms with van der Waals surface area (Å²) in [6.45, 7) is 7.10. The molecular weight excluding hydrogens is 236 g/mol. The molecule has 0 fully saturated rings. The monoisotopic (exact) mass is 258 g/mol. The predicted molar refractivity (Wildman–Crippen MR) is 76.8 cm³/mol. The van der Waals surface area contributed by atoms with Crippen molar-refractivity contribution < 1.29 is 4.79 Å². The van der Waals surface area contributed by atoms with E-state index in [0.29, 0.717) is 12.5 Å². The first kappa shape index (κ1) is 15.2. The molecule has 1 amide bonds. The van der Waals surface area contributed by atoms with Gasteiger partial charge in [0.25, 0.3) is 0 Å². The first-order chi connectivity index (χ1) is 8.95. The largest absolute Gasteiger partial charge is 0.345 e. The lowest BCUT2D eigenvalue weighted by Gasteiger charge is -2.17. The van der Waals surface area contributed by atoms with E-state index in [4.69, 9.17) is 5.26 Å². The molecule has 0 spiro atoms. The van der Waals surface area contributed by atoms with Gasteiger partial charge in [-0.15, -0.1) is 0 Å². The molecule has 3 heteroatoms. The van der Waals surface area contributed by atoms with E-state index in [1.165, 1.54) is 16.7 Å². The van der Waals surface area contributed by atoms with Gasteiger partial charge in [0.15, 0.2) is 0 Å². The second-order valence-corrected chi connectivity index (χ2v) is 5.24. The Hall–Kier alpha value is -1.82. The molecule has 0 saturated heterocycles. The second-order valence-electron chi connectivity index (χ2n) is 5.24. The summed E-state index contributed by atoms with van der Waals surface area (Å²) in [6.07, 6.45) is 0.793. The number of nitriles is 1. The molecule has 0 aromatic heterocycles. The van der Waals surface area contributed by atoms with Crippen LogP contribution in [0.15, 0.2) is 18.2 Å². The van der Waals surface area contributed by atoms with E-state index >= 15 is 0 Å². The highest BCUT2D eigenvalue weighted by Crippen LogP contribution is 2.19. The zero-order valence-electron chi connectivity index (χ0n) is 12.2. The van der Waals surface area contributed by atoms with Crippen LogP contribution in [0.3, 0.4) is 0 Å². The first-order valence-electron chi connectivity index (χ1n) is 6.66. The highest BCUT2D eigenvalue weighted by atomic mass is 16.2. The van der Waals surface area contributed by atoms with Crippen molar-refractivity contribution in [2.24, 2.45) is 0 Å². The number of rotatable bonds is 5. The van der Waals surface area contributed by atoms with Gasteiger partial charge >= 0.3 is 0 Å². The Balaban J connectivity index is 2.70. The van der Waals surface area contributed by atoms with Crippen LogP contribution in [0.2, 0.25) is 0 Å². The van der Waals surface area contributed by atoms with Crippen LogP contribution in [0.5, 0.6) is 0 Å². The van der Waals surface area contributed by atoms with Crippen molar-refractivity contribution in [3.05, 3.63) is 34.9 Å². The molecule has 0 bridgehead atoms. The number of likely N-dealkylation sites (N-methyl/N-ethyl adjacent to an activating group) is 1. The molecule has 0 radical (unpaired) electrons. The van der Waals surface area contributed by atoms with Crippen molar-refractivity contribution in [2.75, 3.05) is 13.6 Å². The average molecular weight is 258 g/mol. The van der Waals surface area contributed by atoms with Gasteiger partial charge in [0.1, 0.15) is 6.42 Å². The summed E-state index contributed by atoms with van der Waals surface area (Å²) < 4.78 is 0. The average Bonchev–Trinajstić information content (AvgIpc) is 2.37. The minimum absolute atomic E-state index is 0.0402. The third-order valence-electron chi connectivity index (χ3n) is 3.41. The zero-order valence-corrected chi connectivity index (χ0v) is 12.2. The fourth-order valence-corrected chi connectivity index (χ4v) is 1.94. The van der Waals surface area contributed by atoms with Crippen molar-refractivity contribution >= 4 is 5.91 Å². The predicted octanol–water partition coefficient (Wildman–Crippen LogP) is 3.03. The third kappa shape index (κ3) is 4.40. The minimum Gasteiger partial charge on any atom is -0.345 e. The molecule has 19 heavy (non-hydrogen) atoms. The standard InChI is InChI=1S/C16H22N2O/c1-12(2)14-6-5-13(3)15(11-14)8-10-18(4)16(19)7-9-17/h5-6,11-12H,7-8,10H2,1-4H3. The molecule has 0 saturated carbocycles. The quantitative estimate of drug-likeness (QED) is 0.814. The van der Waals surface area contributed by atoms with Crippen molar-refractivity contribution in [3.8, 4) is 6.07 Å². The van der Waals surface area contributed by atoms with Crippen LogP contribution in [0.4, 0.5) is 0 Å².